The molecule has 2 N–H and O–H groups in total. The minimum atomic E-state index is -0.0462. The fourth-order valence-electron chi connectivity index (χ4n) is 1.42. The summed E-state index contributed by atoms with van der Waals surface area (Å²) in [5.74, 6) is 0.607. The molecule has 0 aliphatic heterocycles. The zero-order chi connectivity index (χ0) is 11.5. The number of methoxy groups -OCH3 is 1. The number of rotatable bonds is 3. The van der Waals surface area contributed by atoms with Crippen LogP contribution in [0, 0.1) is 0 Å². The Morgan fingerprint density at radius 2 is 2.19 bits per heavy atom. The molecular weight excluding hydrogens is 222 g/mol. The molecule has 82 valence electrons. The molecule has 0 spiro atoms. The number of hydrogen-bond acceptors (Lipinski definition) is 4. The van der Waals surface area contributed by atoms with Gasteiger partial charge in [0.25, 0.3) is 0 Å². The molecule has 0 saturated carbocycles. The number of benzene rings is 1. The molecule has 0 bridgehead atoms. The number of anilines is 1. The number of hydrogen-bond donors (Lipinski definition) is 1. The Morgan fingerprint density at radius 3 is 2.75 bits per heavy atom. The first-order valence-electron chi connectivity index (χ1n) is 4.74. The monoisotopic (exact) mass is 233 g/mol. The Morgan fingerprint density at radius 1 is 1.38 bits per heavy atom. The van der Waals surface area contributed by atoms with Crippen LogP contribution in [0.1, 0.15) is 15.2 Å². The molecule has 1 aromatic heterocycles. The van der Waals surface area contributed by atoms with Gasteiger partial charge in [0, 0.05) is 17.3 Å². The van der Waals surface area contributed by atoms with E-state index in [1.165, 1.54) is 11.3 Å². The largest absolute Gasteiger partial charge is 0.497 e. The third-order valence-corrected chi connectivity index (χ3v) is 3.12. The summed E-state index contributed by atoms with van der Waals surface area (Å²) < 4.78 is 5.03. The fraction of sp³-hybridized carbons (Fsp3) is 0.0833. The van der Waals surface area contributed by atoms with Gasteiger partial charge in [0.15, 0.2) is 0 Å². The first-order valence-corrected chi connectivity index (χ1v) is 5.62. The molecule has 0 fully saturated rings. The molecule has 2 aromatic rings. The SMILES string of the molecule is COc1ccc(C(=O)c2cccs2)c(N)c1. The molecule has 0 aliphatic rings. The van der Waals surface area contributed by atoms with Crippen molar-refractivity contribution in [3.8, 4) is 5.75 Å². The molecule has 0 unspecified atom stereocenters. The van der Waals surface area contributed by atoms with Gasteiger partial charge in [0.05, 0.1) is 12.0 Å². The average Bonchev–Trinajstić information content (AvgIpc) is 2.81. The molecular formula is C12H11NO2S. The van der Waals surface area contributed by atoms with Gasteiger partial charge in [-0.25, -0.2) is 0 Å². The van der Waals surface area contributed by atoms with Crippen LogP contribution in [0.15, 0.2) is 35.7 Å². The minimum Gasteiger partial charge on any atom is -0.497 e. The van der Waals surface area contributed by atoms with E-state index in [2.05, 4.69) is 0 Å². The van der Waals surface area contributed by atoms with Crippen LogP contribution in [-0.4, -0.2) is 12.9 Å². The molecule has 1 heterocycles. The van der Waals surface area contributed by atoms with E-state index >= 15 is 0 Å². The summed E-state index contributed by atoms with van der Waals surface area (Å²) in [5.41, 5.74) is 6.77. The van der Waals surface area contributed by atoms with Crippen molar-refractivity contribution < 1.29 is 9.53 Å². The van der Waals surface area contributed by atoms with Gasteiger partial charge in [-0.3, -0.25) is 4.79 Å². The minimum absolute atomic E-state index is 0.0462. The zero-order valence-electron chi connectivity index (χ0n) is 8.77. The highest BCUT2D eigenvalue weighted by Crippen LogP contribution is 2.23. The van der Waals surface area contributed by atoms with Crippen LogP contribution in [0.4, 0.5) is 5.69 Å². The standard InChI is InChI=1S/C12H11NO2S/c1-15-8-4-5-9(10(13)7-8)12(14)11-3-2-6-16-11/h2-7H,13H2,1H3. The summed E-state index contributed by atoms with van der Waals surface area (Å²) >= 11 is 1.41. The highest BCUT2D eigenvalue weighted by Gasteiger charge is 2.13. The van der Waals surface area contributed by atoms with Crippen LogP contribution in [0.3, 0.4) is 0 Å². The topological polar surface area (TPSA) is 52.3 Å². The Labute approximate surface area is 97.5 Å². The van der Waals surface area contributed by atoms with E-state index in [1.54, 1.807) is 31.4 Å². The maximum atomic E-state index is 12.0. The van der Waals surface area contributed by atoms with Gasteiger partial charge < -0.3 is 10.5 Å². The molecule has 2 rings (SSSR count). The summed E-state index contributed by atoms with van der Waals surface area (Å²) in [6.45, 7) is 0. The van der Waals surface area contributed by atoms with Crippen molar-refractivity contribution >= 4 is 22.8 Å². The van der Waals surface area contributed by atoms with E-state index in [1.807, 2.05) is 11.4 Å². The molecule has 1 aromatic carbocycles. The Hall–Kier alpha value is -1.81. The van der Waals surface area contributed by atoms with Crippen LogP contribution < -0.4 is 10.5 Å². The fourth-order valence-corrected chi connectivity index (χ4v) is 2.09. The molecule has 0 saturated heterocycles. The van der Waals surface area contributed by atoms with E-state index in [0.29, 0.717) is 21.9 Å². The number of carbonyl (C=O) groups excluding carboxylic acids is 1. The number of ketones is 1. The highest BCUT2D eigenvalue weighted by molar-refractivity contribution is 7.12. The van der Waals surface area contributed by atoms with Crippen LogP contribution in [0.25, 0.3) is 0 Å². The van der Waals surface area contributed by atoms with E-state index in [-0.39, 0.29) is 5.78 Å². The number of nitrogens with two attached hydrogens (primary N) is 1. The lowest BCUT2D eigenvalue weighted by Gasteiger charge is -2.05. The lowest BCUT2D eigenvalue weighted by molar-refractivity contribution is 0.104. The van der Waals surface area contributed by atoms with Gasteiger partial charge in [-0.05, 0) is 23.6 Å². The number of carbonyl (C=O) groups is 1. The van der Waals surface area contributed by atoms with Crippen LogP contribution in [-0.2, 0) is 0 Å². The van der Waals surface area contributed by atoms with Crippen LogP contribution in [0.5, 0.6) is 5.75 Å². The van der Waals surface area contributed by atoms with E-state index < -0.39 is 0 Å². The van der Waals surface area contributed by atoms with Gasteiger partial charge in [-0.2, -0.15) is 0 Å². The van der Waals surface area contributed by atoms with Gasteiger partial charge in [-0.15, -0.1) is 11.3 Å². The molecule has 16 heavy (non-hydrogen) atoms. The van der Waals surface area contributed by atoms with Crippen molar-refractivity contribution in [3.05, 3.63) is 46.2 Å². The molecule has 3 nitrogen and oxygen atoms in total. The summed E-state index contributed by atoms with van der Waals surface area (Å²) in [4.78, 5) is 12.7. The van der Waals surface area contributed by atoms with Gasteiger partial charge in [-0.1, -0.05) is 6.07 Å². The van der Waals surface area contributed by atoms with Crippen molar-refractivity contribution in [1.82, 2.24) is 0 Å². The second-order valence-corrected chi connectivity index (χ2v) is 4.21. The van der Waals surface area contributed by atoms with Crippen molar-refractivity contribution in [2.24, 2.45) is 0 Å². The zero-order valence-corrected chi connectivity index (χ0v) is 9.58. The van der Waals surface area contributed by atoms with Gasteiger partial charge >= 0.3 is 0 Å². The molecule has 4 heteroatoms. The van der Waals surface area contributed by atoms with Crippen molar-refractivity contribution in [2.75, 3.05) is 12.8 Å². The van der Waals surface area contributed by atoms with E-state index in [4.69, 9.17) is 10.5 Å². The smallest absolute Gasteiger partial charge is 0.205 e. The number of nitrogen functional groups attached to an aromatic ring is 1. The first kappa shape index (κ1) is 10.7. The molecule has 0 atom stereocenters. The maximum absolute atomic E-state index is 12.0. The lowest BCUT2D eigenvalue weighted by Crippen LogP contribution is -2.03. The van der Waals surface area contributed by atoms with Crippen LogP contribution in [0.2, 0.25) is 0 Å². The lowest BCUT2D eigenvalue weighted by atomic mass is 10.1. The number of thiophene rings is 1. The summed E-state index contributed by atoms with van der Waals surface area (Å²) in [6, 6.07) is 8.71. The predicted molar refractivity (Wildman–Crippen MR) is 65.2 cm³/mol. The Kier molecular flexibility index (Phi) is 2.92. The summed E-state index contributed by atoms with van der Waals surface area (Å²) in [7, 11) is 1.57. The van der Waals surface area contributed by atoms with Crippen LogP contribution >= 0.6 is 11.3 Å². The van der Waals surface area contributed by atoms with Gasteiger partial charge in [0.2, 0.25) is 5.78 Å². The Bertz CT molecular complexity index is 506. The van der Waals surface area contributed by atoms with E-state index in [9.17, 15) is 4.79 Å². The highest BCUT2D eigenvalue weighted by atomic mass is 32.1. The molecule has 0 amide bonds. The van der Waals surface area contributed by atoms with E-state index in [0.717, 1.165) is 0 Å². The summed E-state index contributed by atoms with van der Waals surface area (Å²) in [5, 5.41) is 1.87. The molecule has 0 aliphatic carbocycles. The van der Waals surface area contributed by atoms with Crippen molar-refractivity contribution in [3.63, 3.8) is 0 Å². The third-order valence-electron chi connectivity index (χ3n) is 2.25. The normalized spacial score (nSPS) is 10.1. The second-order valence-electron chi connectivity index (χ2n) is 3.26. The van der Waals surface area contributed by atoms with Crippen molar-refractivity contribution in [1.29, 1.82) is 0 Å². The van der Waals surface area contributed by atoms with Gasteiger partial charge in [0.1, 0.15) is 5.75 Å². The Balaban J connectivity index is 2.38. The average molecular weight is 233 g/mol. The third kappa shape index (κ3) is 1.92. The number of ether oxygens (including phenoxy) is 1. The molecule has 0 radical (unpaired) electrons. The second kappa shape index (κ2) is 4.37. The quantitative estimate of drug-likeness (QED) is 0.654. The maximum Gasteiger partial charge on any atom is 0.205 e. The first-order chi connectivity index (χ1) is 7.72. The predicted octanol–water partition coefficient (Wildman–Crippen LogP) is 2.57. The summed E-state index contributed by atoms with van der Waals surface area (Å²) in [6.07, 6.45) is 0. The van der Waals surface area contributed by atoms with Crippen molar-refractivity contribution in [2.45, 2.75) is 0 Å².